The number of quaternary nitrogens is 1. The van der Waals surface area contributed by atoms with Gasteiger partial charge in [0.05, 0.1) is 33.8 Å². The Morgan fingerprint density at radius 3 is 1.12 bits per heavy atom. The van der Waals surface area contributed by atoms with Crippen molar-refractivity contribution in [2.24, 2.45) is 0 Å². The van der Waals surface area contributed by atoms with Crippen molar-refractivity contribution in [1.29, 1.82) is 0 Å². The first-order chi connectivity index (χ1) is 41.9. The number of phosphoric ester groups is 1. The molecule has 86 heavy (non-hydrogen) atoms. The highest BCUT2D eigenvalue weighted by Gasteiger charge is 2.30. The topological polar surface area (TPSA) is 111 Å². The molecule has 1 amide bonds. The molecule has 0 spiro atoms. The molecule has 502 valence electrons. The maximum Gasteiger partial charge on any atom is 0.472 e. The number of allylic oxidation sites excluding steroid dienone is 11. The molecular weight excluding hydrogens is 1080 g/mol. The number of unbranched alkanes of at least 4 members (excludes halogenated alkanes) is 41. The number of rotatable bonds is 67. The van der Waals surface area contributed by atoms with Crippen LogP contribution in [0.25, 0.3) is 0 Å². The predicted octanol–water partition coefficient (Wildman–Crippen LogP) is 23.5. The van der Waals surface area contributed by atoms with Crippen molar-refractivity contribution in [2.45, 2.75) is 360 Å². The van der Waals surface area contributed by atoms with Gasteiger partial charge in [0, 0.05) is 12.8 Å². The van der Waals surface area contributed by atoms with Gasteiger partial charge in [0.2, 0.25) is 5.91 Å². The molecule has 3 unspecified atom stereocenters. The normalized spacial score (nSPS) is 13.9. The van der Waals surface area contributed by atoms with Crippen molar-refractivity contribution < 1.29 is 37.3 Å². The van der Waals surface area contributed by atoms with E-state index in [0.29, 0.717) is 23.9 Å². The molecule has 0 aromatic heterocycles. The van der Waals surface area contributed by atoms with Crippen LogP contribution in [0.1, 0.15) is 348 Å². The highest BCUT2D eigenvalue weighted by atomic mass is 31.2. The van der Waals surface area contributed by atoms with Crippen LogP contribution in [-0.4, -0.2) is 74.3 Å². The number of phosphoric acid groups is 1. The number of amides is 1. The third kappa shape index (κ3) is 65.9. The number of esters is 1. The molecule has 9 nitrogen and oxygen atoms in total. The van der Waals surface area contributed by atoms with Gasteiger partial charge < -0.3 is 19.4 Å². The van der Waals surface area contributed by atoms with Gasteiger partial charge in [-0.05, 0) is 76.7 Å². The maximum absolute atomic E-state index is 13.6. The van der Waals surface area contributed by atoms with Gasteiger partial charge in [-0.3, -0.25) is 18.6 Å². The number of hydrogen-bond donors (Lipinski definition) is 2. The molecule has 0 aromatic rings. The van der Waals surface area contributed by atoms with Crippen LogP contribution in [0.5, 0.6) is 0 Å². The molecule has 0 radical (unpaired) electrons. The summed E-state index contributed by atoms with van der Waals surface area (Å²) in [4.78, 5) is 37.9. The van der Waals surface area contributed by atoms with Gasteiger partial charge in [-0.25, -0.2) is 4.57 Å². The second kappa shape index (κ2) is 65.4. The zero-order valence-electron chi connectivity index (χ0n) is 57.6. The summed E-state index contributed by atoms with van der Waals surface area (Å²) >= 11 is 0. The smallest absolute Gasteiger partial charge is 0.456 e. The number of carbonyl (C=O) groups excluding carboxylic acids is 2. The number of hydrogen-bond acceptors (Lipinski definition) is 6. The van der Waals surface area contributed by atoms with Crippen LogP contribution in [-0.2, 0) is 27.9 Å². The molecule has 10 heteroatoms. The van der Waals surface area contributed by atoms with E-state index in [1.165, 1.54) is 205 Å². The molecule has 0 aliphatic carbocycles. The number of carbonyl (C=O) groups is 2. The molecule has 0 saturated heterocycles. The third-order valence-electron chi connectivity index (χ3n) is 16.4. The van der Waals surface area contributed by atoms with E-state index in [0.717, 1.165) is 103 Å². The minimum absolute atomic E-state index is 0.0362. The lowest BCUT2D eigenvalue weighted by Gasteiger charge is -2.27. The largest absolute Gasteiger partial charge is 0.472 e. The van der Waals surface area contributed by atoms with Crippen molar-refractivity contribution in [1.82, 2.24) is 5.32 Å². The van der Waals surface area contributed by atoms with Crippen molar-refractivity contribution in [3.8, 4) is 0 Å². The number of nitrogens with zero attached hydrogens (tertiary/aromatic N) is 1. The first-order valence-corrected chi connectivity index (χ1v) is 38.3. The van der Waals surface area contributed by atoms with Crippen molar-refractivity contribution in [3.63, 3.8) is 0 Å². The first kappa shape index (κ1) is 83.5. The summed E-state index contributed by atoms with van der Waals surface area (Å²) in [5.74, 6) is -0.515. The molecule has 0 fully saturated rings. The van der Waals surface area contributed by atoms with E-state index in [4.69, 9.17) is 13.8 Å². The summed E-state index contributed by atoms with van der Waals surface area (Å²) in [7, 11) is 1.49. The van der Waals surface area contributed by atoms with E-state index in [1.54, 1.807) is 0 Å². The fourth-order valence-electron chi connectivity index (χ4n) is 10.8. The molecule has 3 atom stereocenters. The van der Waals surface area contributed by atoms with Gasteiger partial charge in [0.15, 0.2) is 0 Å². The van der Waals surface area contributed by atoms with Crippen molar-refractivity contribution in [2.75, 3.05) is 40.9 Å². The van der Waals surface area contributed by atoms with Crippen LogP contribution >= 0.6 is 7.82 Å². The number of ether oxygens (including phenoxy) is 1. The Hall–Kier alpha value is -2.55. The van der Waals surface area contributed by atoms with Crippen molar-refractivity contribution in [3.05, 3.63) is 72.9 Å². The van der Waals surface area contributed by atoms with E-state index in [-0.39, 0.29) is 31.5 Å². The SMILES string of the molecule is CC/C=C\C/C=C\C/C=C\C/C=C\C/C=C\CCCCCCCC(=O)OC(/C=C/CCCCCCCCCCCC)C(COP(=O)(O)OCC[N+](C)(C)C)NC(=O)CCCCCCCCCCCCCCCCCCCCCCCCCCCCC. The van der Waals surface area contributed by atoms with Crippen molar-refractivity contribution >= 4 is 19.7 Å². The molecule has 0 aromatic carbocycles. The Balaban J connectivity index is 5.01. The summed E-state index contributed by atoms with van der Waals surface area (Å²) in [5, 5.41) is 3.07. The third-order valence-corrected chi connectivity index (χ3v) is 17.4. The minimum Gasteiger partial charge on any atom is -0.456 e. The Kier molecular flexibility index (Phi) is 63.5. The van der Waals surface area contributed by atoms with E-state index < -0.39 is 20.0 Å². The summed E-state index contributed by atoms with van der Waals surface area (Å²) in [6.07, 6.45) is 86.4. The van der Waals surface area contributed by atoms with Gasteiger partial charge >= 0.3 is 13.8 Å². The van der Waals surface area contributed by atoms with E-state index in [9.17, 15) is 19.0 Å². The zero-order chi connectivity index (χ0) is 62.8. The molecule has 0 rings (SSSR count). The summed E-state index contributed by atoms with van der Waals surface area (Å²) in [5.41, 5.74) is 0. The molecule has 0 saturated carbocycles. The quantitative estimate of drug-likeness (QED) is 0.0205. The molecule has 0 aliphatic rings. The second-order valence-electron chi connectivity index (χ2n) is 26.1. The van der Waals surface area contributed by atoms with Crippen LogP contribution in [0, 0.1) is 0 Å². The molecule has 0 heterocycles. The second-order valence-corrected chi connectivity index (χ2v) is 27.5. The van der Waals surface area contributed by atoms with Crippen LogP contribution in [0.2, 0.25) is 0 Å². The van der Waals surface area contributed by atoms with E-state index in [2.05, 4.69) is 86.8 Å². The standard InChI is InChI=1S/C76H141N2O7P/c1-7-10-13-16-19-22-25-28-30-32-34-36-37-38-39-40-41-43-44-46-48-50-53-56-59-62-65-68-75(79)77-73(72-84-86(81,82)83-71-70-78(4,5)6)74(67-64-61-58-55-52-27-24-21-18-15-12-9-3)85-76(80)69-66-63-60-57-54-51-49-47-45-42-35-33-31-29-26-23-20-17-14-11-8-2/h11,14,20,23,29,31,35,42,47,49,64,67,73-74H,7-10,12-13,15-19,21-22,24-28,30,32-34,36-41,43-46,48,50-63,65-66,68-72H2,1-6H3,(H-,77,79,81,82)/p+1/b14-11-,23-20-,31-29-,42-35-,49-47-,67-64+. The lowest BCUT2D eigenvalue weighted by molar-refractivity contribution is -0.870. The van der Waals surface area contributed by atoms with Gasteiger partial charge in [-0.1, -0.05) is 332 Å². The summed E-state index contributed by atoms with van der Waals surface area (Å²) in [6.45, 7) is 6.93. The van der Waals surface area contributed by atoms with Crippen LogP contribution in [0.4, 0.5) is 0 Å². The lowest BCUT2D eigenvalue weighted by Crippen LogP contribution is -2.47. The average Bonchev–Trinajstić information content (AvgIpc) is 3.69. The molecule has 2 N–H and O–H groups in total. The summed E-state index contributed by atoms with van der Waals surface area (Å²) < 4.78 is 30.8. The zero-order valence-corrected chi connectivity index (χ0v) is 58.5. The van der Waals surface area contributed by atoms with E-state index in [1.807, 2.05) is 33.3 Å². The van der Waals surface area contributed by atoms with Gasteiger partial charge in [-0.2, -0.15) is 0 Å². The lowest BCUT2D eigenvalue weighted by atomic mass is 10.0. The Labute approximate surface area is 533 Å². The highest BCUT2D eigenvalue weighted by molar-refractivity contribution is 7.47. The van der Waals surface area contributed by atoms with Crippen LogP contribution in [0.15, 0.2) is 72.9 Å². The monoisotopic (exact) mass is 1230 g/mol. The van der Waals surface area contributed by atoms with Gasteiger partial charge in [-0.15, -0.1) is 0 Å². The maximum atomic E-state index is 13.6. The van der Waals surface area contributed by atoms with E-state index >= 15 is 0 Å². The van der Waals surface area contributed by atoms with Gasteiger partial charge in [0.25, 0.3) is 0 Å². The fourth-order valence-corrected chi connectivity index (χ4v) is 11.5. The highest BCUT2D eigenvalue weighted by Crippen LogP contribution is 2.43. The average molecular weight is 1230 g/mol. The minimum atomic E-state index is -4.46. The van der Waals surface area contributed by atoms with Crippen LogP contribution in [0.3, 0.4) is 0 Å². The number of likely N-dealkylation sites (N-methyl/N-ethyl adjacent to an activating group) is 1. The summed E-state index contributed by atoms with van der Waals surface area (Å²) in [6, 6.07) is -0.859. The fraction of sp³-hybridized carbons (Fsp3) is 0.816. The Morgan fingerprint density at radius 1 is 0.419 bits per heavy atom. The molecule has 0 aliphatic heterocycles. The van der Waals surface area contributed by atoms with Gasteiger partial charge in [0.1, 0.15) is 19.3 Å². The Morgan fingerprint density at radius 2 is 0.744 bits per heavy atom. The van der Waals surface area contributed by atoms with Crippen LogP contribution < -0.4 is 5.32 Å². The number of nitrogens with one attached hydrogen (secondary N) is 1. The Bertz CT molecular complexity index is 1700. The molecule has 0 bridgehead atoms. The first-order valence-electron chi connectivity index (χ1n) is 36.8. The molecular formula is C76H142N2O7P+. The predicted molar refractivity (Wildman–Crippen MR) is 374 cm³/mol.